The molecule has 0 bridgehead atoms. The van der Waals surface area contributed by atoms with Crippen LogP contribution in [0.2, 0.25) is 0 Å². The summed E-state index contributed by atoms with van der Waals surface area (Å²) in [5, 5.41) is 5.89. The molecule has 146 valence electrons. The third-order valence-corrected chi connectivity index (χ3v) is 5.32. The van der Waals surface area contributed by atoms with Crippen molar-refractivity contribution in [1.82, 2.24) is 4.90 Å². The summed E-state index contributed by atoms with van der Waals surface area (Å²) >= 11 is 0. The highest BCUT2D eigenvalue weighted by Gasteiger charge is 2.21. The molecule has 0 spiro atoms. The zero-order chi connectivity index (χ0) is 19.7. The molecule has 4 rings (SSSR count). The van der Waals surface area contributed by atoms with Crippen molar-refractivity contribution in [2.45, 2.75) is 0 Å². The molecular formula is C21H25N5O2. The molecule has 2 amide bonds. The van der Waals surface area contributed by atoms with E-state index in [0.29, 0.717) is 17.8 Å². The van der Waals surface area contributed by atoms with Crippen molar-refractivity contribution in [2.75, 3.05) is 67.3 Å². The first-order chi connectivity index (χ1) is 13.5. The standard InChI is InChI=1S/C21H25N5O2/c1-24-9-11-26(12-10-24)19-6-4-3-5-16(19)23-21(28)15-7-8-18-17(13-15)22-20(27)14-25(18)2/h3-8,13H,9-12,14H2,1-2H3,(H,22,27)(H,23,28). The number of hydrogen-bond donors (Lipinski definition) is 2. The van der Waals surface area contributed by atoms with Gasteiger partial charge in [-0.3, -0.25) is 9.59 Å². The van der Waals surface area contributed by atoms with Crippen LogP contribution in [0.1, 0.15) is 10.4 Å². The van der Waals surface area contributed by atoms with Crippen LogP contribution >= 0.6 is 0 Å². The predicted molar refractivity (Wildman–Crippen MR) is 112 cm³/mol. The first kappa shape index (κ1) is 18.3. The summed E-state index contributed by atoms with van der Waals surface area (Å²) < 4.78 is 0. The lowest BCUT2D eigenvalue weighted by molar-refractivity contribution is -0.115. The van der Waals surface area contributed by atoms with Gasteiger partial charge in [-0.05, 0) is 37.4 Å². The third kappa shape index (κ3) is 3.66. The number of fused-ring (bicyclic) bond motifs is 1. The number of carbonyl (C=O) groups excluding carboxylic acids is 2. The summed E-state index contributed by atoms with van der Waals surface area (Å²) in [6.45, 7) is 4.18. The molecule has 2 aromatic carbocycles. The predicted octanol–water partition coefficient (Wildman–Crippen LogP) is 2.08. The number of likely N-dealkylation sites (N-methyl/N-ethyl adjacent to an activating group) is 2. The van der Waals surface area contributed by atoms with Crippen molar-refractivity contribution in [2.24, 2.45) is 0 Å². The Balaban J connectivity index is 1.55. The molecule has 2 aromatic rings. The Morgan fingerprint density at radius 3 is 2.54 bits per heavy atom. The van der Waals surface area contributed by atoms with Gasteiger partial charge in [0.05, 0.1) is 29.3 Å². The van der Waals surface area contributed by atoms with E-state index in [0.717, 1.165) is 43.2 Å². The van der Waals surface area contributed by atoms with Crippen LogP contribution in [0.5, 0.6) is 0 Å². The van der Waals surface area contributed by atoms with Crippen LogP contribution in [0.4, 0.5) is 22.7 Å². The number of carbonyl (C=O) groups is 2. The summed E-state index contributed by atoms with van der Waals surface area (Å²) in [7, 11) is 3.99. The molecule has 1 fully saturated rings. The normalized spacial score (nSPS) is 17.1. The Morgan fingerprint density at radius 2 is 1.75 bits per heavy atom. The first-order valence-electron chi connectivity index (χ1n) is 9.50. The molecule has 0 aromatic heterocycles. The van der Waals surface area contributed by atoms with E-state index in [1.807, 2.05) is 42.3 Å². The van der Waals surface area contributed by atoms with Gasteiger partial charge in [0.15, 0.2) is 0 Å². The van der Waals surface area contributed by atoms with Gasteiger partial charge in [-0.1, -0.05) is 12.1 Å². The Hall–Kier alpha value is -3.06. The molecule has 2 heterocycles. The highest BCUT2D eigenvalue weighted by molar-refractivity contribution is 6.09. The van der Waals surface area contributed by atoms with Gasteiger partial charge in [0, 0.05) is 38.8 Å². The second-order valence-corrected chi connectivity index (χ2v) is 7.40. The first-order valence-corrected chi connectivity index (χ1v) is 9.50. The summed E-state index contributed by atoms with van der Waals surface area (Å²) in [6.07, 6.45) is 0. The van der Waals surface area contributed by atoms with Gasteiger partial charge >= 0.3 is 0 Å². The average molecular weight is 379 g/mol. The molecule has 28 heavy (non-hydrogen) atoms. The van der Waals surface area contributed by atoms with Gasteiger partial charge in [0.25, 0.3) is 5.91 Å². The number of para-hydroxylation sites is 2. The number of piperazine rings is 1. The Bertz CT molecular complexity index is 905. The largest absolute Gasteiger partial charge is 0.367 e. The van der Waals surface area contributed by atoms with E-state index in [2.05, 4.69) is 27.5 Å². The monoisotopic (exact) mass is 379 g/mol. The van der Waals surface area contributed by atoms with Crippen molar-refractivity contribution < 1.29 is 9.59 Å². The molecule has 1 saturated heterocycles. The second kappa shape index (κ2) is 7.52. The molecule has 2 aliphatic heterocycles. The maximum absolute atomic E-state index is 12.9. The lowest BCUT2D eigenvalue weighted by atomic mass is 10.1. The van der Waals surface area contributed by atoms with Crippen LogP contribution < -0.4 is 20.4 Å². The second-order valence-electron chi connectivity index (χ2n) is 7.40. The number of nitrogens with zero attached hydrogens (tertiary/aromatic N) is 3. The van der Waals surface area contributed by atoms with Gasteiger partial charge in [-0.15, -0.1) is 0 Å². The van der Waals surface area contributed by atoms with E-state index in [1.165, 1.54) is 0 Å². The minimum absolute atomic E-state index is 0.0760. The van der Waals surface area contributed by atoms with Crippen LogP contribution in [-0.4, -0.2) is 63.5 Å². The van der Waals surface area contributed by atoms with Gasteiger partial charge in [-0.25, -0.2) is 0 Å². The number of anilines is 4. The quantitative estimate of drug-likeness (QED) is 0.855. The summed E-state index contributed by atoms with van der Waals surface area (Å²) in [4.78, 5) is 31.2. The summed E-state index contributed by atoms with van der Waals surface area (Å²) in [5.74, 6) is -0.264. The lowest BCUT2D eigenvalue weighted by Crippen LogP contribution is -2.44. The van der Waals surface area contributed by atoms with E-state index < -0.39 is 0 Å². The molecule has 2 N–H and O–H groups in total. The highest BCUT2D eigenvalue weighted by Crippen LogP contribution is 2.31. The maximum atomic E-state index is 12.9. The minimum atomic E-state index is -0.188. The van der Waals surface area contributed by atoms with Crippen LogP contribution in [0.15, 0.2) is 42.5 Å². The van der Waals surface area contributed by atoms with Crippen molar-refractivity contribution in [3.63, 3.8) is 0 Å². The van der Waals surface area contributed by atoms with Crippen LogP contribution in [0.25, 0.3) is 0 Å². The zero-order valence-electron chi connectivity index (χ0n) is 16.2. The van der Waals surface area contributed by atoms with E-state index in [1.54, 1.807) is 12.1 Å². The lowest BCUT2D eigenvalue weighted by Gasteiger charge is -2.35. The van der Waals surface area contributed by atoms with E-state index >= 15 is 0 Å². The smallest absolute Gasteiger partial charge is 0.255 e. The van der Waals surface area contributed by atoms with Gasteiger partial charge < -0.3 is 25.3 Å². The fourth-order valence-corrected chi connectivity index (χ4v) is 3.70. The van der Waals surface area contributed by atoms with Crippen LogP contribution in [0.3, 0.4) is 0 Å². The molecule has 7 nitrogen and oxygen atoms in total. The van der Waals surface area contributed by atoms with E-state index in [4.69, 9.17) is 0 Å². The molecule has 0 radical (unpaired) electrons. The average Bonchev–Trinajstić information content (AvgIpc) is 2.68. The molecule has 0 aliphatic carbocycles. The van der Waals surface area contributed by atoms with Crippen LogP contribution in [0, 0.1) is 0 Å². The molecule has 0 saturated carbocycles. The molecular weight excluding hydrogens is 354 g/mol. The zero-order valence-corrected chi connectivity index (χ0v) is 16.2. The molecule has 2 aliphatic rings. The summed E-state index contributed by atoms with van der Waals surface area (Å²) in [5.41, 5.74) is 3.93. The fourth-order valence-electron chi connectivity index (χ4n) is 3.70. The molecule has 7 heteroatoms. The van der Waals surface area contributed by atoms with Gasteiger partial charge in [-0.2, -0.15) is 0 Å². The SMILES string of the molecule is CN1CCN(c2ccccc2NC(=O)c2ccc3c(c2)NC(=O)CN3C)CC1. The number of hydrogen-bond acceptors (Lipinski definition) is 5. The van der Waals surface area contributed by atoms with E-state index in [-0.39, 0.29) is 11.8 Å². The minimum Gasteiger partial charge on any atom is -0.367 e. The number of amides is 2. The Morgan fingerprint density at radius 1 is 1.00 bits per heavy atom. The Kier molecular flexibility index (Phi) is 4.92. The van der Waals surface area contributed by atoms with Gasteiger partial charge in [0.1, 0.15) is 0 Å². The van der Waals surface area contributed by atoms with Crippen molar-refractivity contribution >= 4 is 34.6 Å². The third-order valence-electron chi connectivity index (χ3n) is 5.32. The highest BCUT2D eigenvalue weighted by atomic mass is 16.2. The Labute approximate surface area is 164 Å². The van der Waals surface area contributed by atoms with E-state index in [9.17, 15) is 9.59 Å². The van der Waals surface area contributed by atoms with Gasteiger partial charge in [0.2, 0.25) is 5.91 Å². The fraction of sp³-hybridized carbons (Fsp3) is 0.333. The molecule has 0 unspecified atom stereocenters. The number of rotatable bonds is 3. The number of benzene rings is 2. The van der Waals surface area contributed by atoms with Crippen molar-refractivity contribution in [1.29, 1.82) is 0 Å². The van der Waals surface area contributed by atoms with Crippen molar-refractivity contribution in [3.8, 4) is 0 Å². The topological polar surface area (TPSA) is 67.9 Å². The maximum Gasteiger partial charge on any atom is 0.255 e. The van der Waals surface area contributed by atoms with Crippen LogP contribution in [-0.2, 0) is 4.79 Å². The van der Waals surface area contributed by atoms with Crippen molar-refractivity contribution in [3.05, 3.63) is 48.0 Å². The molecule has 0 atom stereocenters. The summed E-state index contributed by atoms with van der Waals surface area (Å²) in [6, 6.07) is 13.3. The number of nitrogens with one attached hydrogen (secondary N) is 2.